The molecule has 0 aliphatic heterocycles. The van der Waals surface area contributed by atoms with E-state index < -0.39 is 0 Å². The van der Waals surface area contributed by atoms with E-state index in [9.17, 15) is 0 Å². The lowest BCUT2D eigenvalue weighted by molar-refractivity contribution is 1.31. The lowest BCUT2D eigenvalue weighted by Crippen LogP contribution is -1.78. The van der Waals surface area contributed by atoms with Crippen molar-refractivity contribution in [2.45, 2.75) is 13.8 Å². The monoisotopic (exact) mass is 160 g/mol. The zero-order valence-electron chi connectivity index (χ0n) is 7.31. The molecule has 12 heavy (non-hydrogen) atoms. The van der Waals surface area contributed by atoms with Gasteiger partial charge in [-0.2, -0.15) is 0 Å². The number of rotatable bonds is 1. The number of aromatic amines is 2. The second-order valence-electron chi connectivity index (χ2n) is 3.13. The summed E-state index contributed by atoms with van der Waals surface area (Å²) in [5, 5.41) is 0. The van der Waals surface area contributed by atoms with Gasteiger partial charge in [0, 0.05) is 12.4 Å². The van der Waals surface area contributed by atoms with Crippen molar-refractivity contribution in [3.63, 3.8) is 0 Å². The fourth-order valence-corrected chi connectivity index (χ4v) is 1.38. The molecule has 0 aromatic carbocycles. The SMILES string of the molecule is Cc1c[nH]c(-c2[nH]ccc2C)c1. The van der Waals surface area contributed by atoms with Crippen molar-refractivity contribution in [2.24, 2.45) is 0 Å². The molecule has 2 aromatic heterocycles. The van der Waals surface area contributed by atoms with Gasteiger partial charge in [0.2, 0.25) is 0 Å². The first-order chi connectivity index (χ1) is 5.77. The second-order valence-corrected chi connectivity index (χ2v) is 3.13. The molecule has 0 aliphatic carbocycles. The number of aromatic nitrogens is 2. The van der Waals surface area contributed by atoms with Gasteiger partial charge in [-0.1, -0.05) is 0 Å². The summed E-state index contributed by atoms with van der Waals surface area (Å²) in [5.74, 6) is 0. The van der Waals surface area contributed by atoms with E-state index in [4.69, 9.17) is 0 Å². The van der Waals surface area contributed by atoms with Crippen LogP contribution in [0, 0.1) is 13.8 Å². The van der Waals surface area contributed by atoms with Gasteiger partial charge in [-0.15, -0.1) is 0 Å². The standard InChI is InChI=1S/C10H12N2/c1-7-5-9(12-6-7)10-8(2)3-4-11-10/h3-6,11-12H,1-2H3. The summed E-state index contributed by atoms with van der Waals surface area (Å²) in [6.07, 6.45) is 3.97. The Morgan fingerprint density at radius 1 is 1.17 bits per heavy atom. The van der Waals surface area contributed by atoms with E-state index in [-0.39, 0.29) is 0 Å². The van der Waals surface area contributed by atoms with Crippen LogP contribution < -0.4 is 0 Å². The Bertz CT molecular complexity index is 382. The number of aryl methyl sites for hydroxylation is 2. The quantitative estimate of drug-likeness (QED) is 0.642. The minimum atomic E-state index is 1.16. The molecule has 2 heteroatoms. The average molecular weight is 160 g/mol. The maximum atomic E-state index is 3.22. The number of hydrogen-bond donors (Lipinski definition) is 2. The molecule has 0 unspecified atom stereocenters. The first-order valence-electron chi connectivity index (χ1n) is 4.07. The van der Waals surface area contributed by atoms with Crippen molar-refractivity contribution >= 4 is 0 Å². The van der Waals surface area contributed by atoms with Crippen LogP contribution >= 0.6 is 0 Å². The van der Waals surface area contributed by atoms with E-state index in [0.29, 0.717) is 0 Å². The zero-order valence-corrected chi connectivity index (χ0v) is 7.31. The minimum Gasteiger partial charge on any atom is -0.360 e. The smallest absolute Gasteiger partial charge is 0.0649 e. The molecule has 0 saturated heterocycles. The Morgan fingerprint density at radius 3 is 2.50 bits per heavy atom. The largest absolute Gasteiger partial charge is 0.360 e. The Labute approximate surface area is 71.6 Å². The lowest BCUT2D eigenvalue weighted by atomic mass is 10.2. The molecule has 0 atom stereocenters. The lowest BCUT2D eigenvalue weighted by Gasteiger charge is -1.94. The molecule has 0 amide bonds. The van der Waals surface area contributed by atoms with Gasteiger partial charge in [-0.05, 0) is 37.1 Å². The van der Waals surface area contributed by atoms with Gasteiger partial charge in [0.1, 0.15) is 0 Å². The van der Waals surface area contributed by atoms with Crippen LogP contribution in [-0.4, -0.2) is 9.97 Å². The summed E-state index contributed by atoms with van der Waals surface area (Å²) in [5.41, 5.74) is 4.88. The normalized spacial score (nSPS) is 10.5. The minimum absolute atomic E-state index is 1.16. The molecule has 2 aromatic rings. The summed E-state index contributed by atoms with van der Waals surface area (Å²) >= 11 is 0. The highest BCUT2D eigenvalue weighted by atomic mass is 14.8. The molecule has 2 rings (SSSR count). The Kier molecular flexibility index (Phi) is 1.54. The topological polar surface area (TPSA) is 31.6 Å². The summed E-state index contributed by atoms with van der Waals surface area (Å²) in [7, 11) is 0. The Balaban J connectivity index is 2.50. The average Bonchev–Trinajstić information content (AvgIpc) is 2.58. The van der Waals surface area contributed by atoms with Crippen molar-refractivity contribution in [1.29, 1.82) is 0 Å². The van der Waals surface area contributed by atoms with Gasteiger partial charge in [0.25, 0.3) is 0 Å². The van der Waals surface area contributed by atoms with Crippen LogP contribution in [0.3, 0.4) is 0 Å². The van der Waals surface area contributed by atoms with E-state index in [2.05, 4.69) is 35.9 Å². The summed E-state index contributed by atoms with van der Waals surface area (Å²) in [6, 6.07) is 4.21. The third kappa shape index (κ3) is 1.05. The summed E-state index contributed by atoms with van der Waals surface area (Å²) < 4.78 is 0. The number of hydrogen-bond acceptors (Lipinski definition) is 0. The molecule has 2 heterocycles. The van der Waals surface area contributed by atoms with Crippen LogP contribution in [0.4, 0.5) is 0 Å². The maximum Gasteiger partial charge on any atom is 0.0649 e. The van der Waals surface area contributed by atoms with Gasteiger partial charge >= 0.3 is 0 Å². The van der Waals surface area contributed by atoms with Crippen LogP contribution in [0.25, 0.3) is 11.4 Å². The van der Waals surface area contributed by atoms with E-state index in [0.717, 1.165) is 5.69 Å². The van der Waals surface area contributed by atoms with Crippen LogP contribution in [0.15, 0.2) is 24.5 Å². The van der Waals surface area contributed by atoms with Crippen LogP contribution in [0.2, 0.25) is 0 Å². The first kappa shape index (κ1) is 7.22. The predicted molar refractivity (Wildman–Crippen MR) is 50.1 cm³/mol. The van der Waals surface area contributed by atoms with Crippen LogP contribution in [0.1, 0.15) is 11.1 Å². The molecule has 0 bridgehead atoms. The zero-order chi connectivity index (χ0) is 8.55. The van der Waals surface area contributed by atoms with E-state index >= 15 is 0 Å². The van der Waals surface area contributed by atoms with Gasteiger partial charge in [-0.3, -0.25) is 0 Å². The van der Waals surface area contributed by atoms with Gasteiger partial charge < -0.3 is 9.97 Å². The second kappa shape index (κ2) is 2.55. The third-order valence-corrected chi connectivity index (χ3v) is 2.05. The molecule has 2 N–H and O–H groups in total. The highest BCUT2D eigenvalue weighted by Gasteiger charge is 2.02. The first-order valence-corrected chi connectivity index (χ1v) is 4.07. The highest BCUT2D eigenvalue weighted by molar-refractivity contribution is 5.59. The van der Waals surface area contributed by atoms with E-state index in [1.807, 2.05) is 12.4 Å². The number of H-pyrrole nitrogens is 2. The van der Waals surface area contributed by atoms with Crippen LogP contribution in [0.5, 0.6) is 0 Å². The Morgan fingerprint density at radius 2 is 2.00 bits per heavy atom. The summed E-state index contributed by atoms with van der Waals surface area (Å²) in [6.45, 7) is 4.18. The molecular formula is C10H12N2. The molecule has 62 valence electrons. The number of nitrogens with one attached hydrogen (secondary N) is 2. The molecule has 0 spiro atoms. The molecule has 0 fully saturated rings. The van der Waals surface area contributed by atoms with Gasteiger partial charge in [0.05, 0.1) is 11.4 Å². The fourth-order valence-electron chi connectivity index (χ4n) is 1.38. The Hall–Kier alpha value is -1.44. The molecular weight excluding hydrogens is 148 g/mol. The van der Waals surface area contributed by atoms with Crippen molar-refractivity contribution in [3.8, 4) is 11.4 Å². The predicted octanol–water partition coefficient (Wildman–Crippen LogP) is 2.63. The molecule has 0 saturated carbocycles. The highest BCUT2D eigenvalue weighted by Crippen LogP contribution is 2.20. The maximum absolute atomic E-state index is 3.22. The molecule has 0 radical (unpaired) electrons. The van der Waals surface area contributed by atoms with Crippen LogP contribution in [-0.2, 0) is 0 Å². The van der Waals surface area contributed by atoms with Crippen molar-refractivity contribution in [1.82, 2.24) is 9.97 Å². The van der Waals surface area contributed by atoms with Gasteiger partial charge in [-0.25, -0.2) is 0 Å². The fraction of sp³-hybridized carbons (Fsp3) is 0.200. The van der Waals surface area contributed by atoms with Crippen molar-refractivity contribution in [2.75, 3.05) is 0 Å². The summed E-state index contributed by atoms with van der Waals surface area (Å²) in [4.78, 5) is 6.42. The third-order valence-electron chi connectivity index (χ3n) is 2.05. The van der Waals surface area contributed by atoms with E-state index in [1.54, 1.807) is 0 Å². The van der Waals surface area contributed by atoms with Crippen molar-refractivity contribution < 1.29 is 0 Å². The van der Waals surface area contributed by atoms with E-state index in [1.165, 1.54) is 16.8 Å². The van der Waals surface area contributed by atoms with Gasteiger partial charge in [0.15, 0.2) is 0 Å². The van der Waals surface area contributed by atoms with Crippen molar-refractivity contribution in [3.05, 3.63) is 35.7 Å². The molecule has 2 nitrogen and oxygen atoms in total. The molecule has 0 aliphatic rings.